The molecule has 0 aromatic heterocycles. The molecule has 1 aliphatic heterocycles. The minimum Gasteiger partial charge on any atom is -0.315 e. The van der Waals surface area contributed by atoms with E-state index in [1.807, 2.05) is 0 Å². The molecule has 1 saturated heterocycles. The lowest BCUT2D eigenvalue weighted by molar-refractivity contribution is 0.209. The van der Waals surface area contributed by atoms with E-state index in [2.05, 4.69) is 17.7 Å². The van der Waals surface area contributed by atoms with E-state index in [9.17, 15) is 0 Å². The molecule has 2 unspecified atom stereocenters. The molecular weight excluding hydrogens is 184 g/mol. The second kappa shape index (κ2) is 5.86. The minimum atomic E-state index is 0.727. The van der Waals surface area contributed by atoms with E-state index in [4.69, 9.17) is 0 Å². The van der Waals surface area contributed by atoms with Crippen molar-refractivity contribution in [2.24, 2.45) is 5.92 Å². The quantitative estimate of drug-likeness (QED) is 0.747. The van der Waals surface area contributed by atoms with Gasteiger partial charge in [0, 0.05) is 12.1 Å². The Morgan fingerprint density at radius 3 is 2.33 bits per heavy atom. The molecule has 2 N–H and O–H groups in total. The van der Waals surface area contributed by atoms with Crippen LogP contribution >= 0.6 is 0 Å². The van der Waals surface area contributed by atoms with Gasteiger partial charge in [-0.3, -0.25) is 0 Å². The van der Waals surface area contributed by atoms with Crippen LogP contribution in [0.4, 0.5) is 0 Å². The number of piperidine rings is 1. The van der Waals surface area contributed by atoms with Gasteiger partial charge in [-0.05, 0) is 45.2 Å². The van der Waals surface area contributed by atoms with Crippen LogP contribution < -0.4 is 10.6 Å². The van der Waals surface area contributed by atoms with Gasteiger partial charge in [0.05, 0.1) is 0 Å². The topological polar surface area (TPSA) is 24.1 Å². The molecule has 2 fully saturated rings. The van der Waals surface area contributed by atoms with Crippen LogP contribution in [0.15, 0.2) is 0 Å². The molecule has 2 nitrogen and oxygen atoms in total. The first-order valence-electron chi connectivity index (χ1n) is 6.82. The van der Waals surface area contributed by atoms with Crippen LogP contribution in [0, 0.1) is 5.92 Å². The summed E-state index contributed by atoms with van der Waals surface area (Å²) in [4.78, 5) is 0. The monoisotopic (exact) mass is 210 g/mol. The first-order chi connectivity index (χ1) is 7.42. The first kappa shape index (κ1) is 11.4. The molecule has 1 heterocycles. The molecule has 2 aliphatic rings. The van der Waals surface area contributed by atoms with Gasteiger partial charge in [-0.1, -0.05) is 25.7 Å². The fraction of sp³-hybridized carbons (Fsp3) is 1.00. The van der Waals surface area contributed by atoms with Gasteiger partial charge in [0.15, 0.2) is 0 Å². The number of hydrogen-bond acceptors (Lipinski definition) is 2. The van der Waals surface area contributed by atoms with Gasteiger partial charge in [-0.15, -0.1) is 0 Å². The Morgan fingerprint density at radius 2 is 1.73 bits per heavy atom. The van der Waals surface area contributed by atoms with Crippen molar-refractivity contribution in [1.29, 1.82) is 0 Å². The summed E-state index contributed by atoms with van der Waals surface area (Å²) in [5, 5.41) is 7.28. The van der Waals surface area contributed by atoms with E-state index in [1.165, 1.54) is 57.9 Å². The number of likely N-dealkylation sites (N-methyl/N-ethyl adjacent to an activating group) is 1. The summed E-state index contributed by atoms with van der Waals surface area (Å²) in [7, 11) is 2.15. The van der Waals surface area contributed by atoms with Crippen molar-refractivity contribution in [2.75, 3.05) is 13.6 Å². The molecule has 0 amide bonds. The minimum absolute atomic E-state index is 0.727. The van der Waals surface area contributed by atoms with Crippen LogP contribution in [-0.4, -0.2) is 25.7 Å². The first-order valence-corrected chi connectivity index (χ1v) is 6.82. The van der Waals surface area contributed by atoms with E-state index in [0.29, 0.717) is 0 Å². The molecule has 0 radical (unpaired) electrons. The molecule has 0 spiro atoms. The van der Waals surface area contributed by atoms with Crippen molar-refractivity contribution >= 4 is 0 Å². The lowest BCUT2D eigenvalue weighted by atomic mass is 9.79. The second-order valence-corrected chi connectivity index (χ2v) is 5.27. The van der Waals surface area contributed by atoms with Gasteiger partial charge in [0.2, 0.25) is 0 Å². The lowest BCUT2D eigenvalue weighted by Crippen LogP contribution is -2.52. The zero-order valence-electron chi connectivity index (χ0n) is 10.1. The molecule has 0 aromatic rings. The fourth-order valence-corrected chi connectivity index (χ4v) is 3.44. The molecule has 2 rings (SSSR count). The van der Waals surface area contributed by atoms with E-state index in [1.54, 1.807) is 0 Å². The summed E-state index contributed by atoms with van der Waals surface area (Å²) in [6, 6.07) is 1.47. The third-order valence-corrected chi connectivity index (χ3v) is 4.27. The highest BCUT2D eigenvalue weighted by Crippen LogP contribution is 2.29. The Labute approximate surface area is 94.2 Å². The SMILES string of the molecule is CNC(C1CCCCC1)C1CCCCN1. The van der Waals surface area contributed by atoms with Crippen molar-refractivity contribution in [3.8, 4) is 0 Å². The van der Waals surface area contributed by atoms with Gasteiger partial charge in [0.1, 0.15) is 0 Å². The summed E-state index contributed by atoms with van der Waals surface area (Å²) in [6.07, 6.45) is 11.4. The lowest BCUT2D eigenvalue weighted by Gasteiger charge is -2.38. The van der Waals surface area contributed by atoms with Crippen molar-refractivity contribution in [2.45, 2.75) is 63.5 Å². The Bertz CT molecular complexity index is 151. The maximum absolute atomic E-state index is 3.70. The maximum atomic E-state index is 3.70. The Hall–Kier alpha value is -0.0800. The largest absolute Gasteiger partial charge is 0.315 e. The molecule has 15 heavy (non-hydrogen) atoms. The smallest absolute Gasteiger partial charge is 0.0246 e. The molecule has 1 saturated carbocycles. The van der Waals surface area contributed by atoms with Gasteiger partial charge >= 0.3 is 0 Å². The molecule has 1 aliphatic carbocycles. The summed E-state index contributed by atoms with van der Waals surface area (Å²) in [5.74, 6) is 0.930. The molecule has 0 bridgehead atoms. The third-order valence-electron chi connectivity index (χ3n) is 4.27. The van der Waals surface area contributed by atoms with Gasteiger partial charge in [-0.2, -0.15) is 0 Å². The summed E-state index contributed by atoms with van der Waals surface area (Å²) < 4.78 is 0. The van der Waals surface area contributed by atoms with Gasteiger partial charge in [0.25, 0.3) is 0 Å². The summed E-state index contributed by atoms with van der Waals surface area (Å²) in [5.41, 5.74) is 0. The zero-order valence-corrected chi connectivity index (χ0v) is 10.1. The van der Waals surface area contributed by atoms with Crippen molar-refractivity contribution in [3.05, 3.63) is 0 Å². The van der Waals surface area contributed by atoms with Crippen LogP contribution in [0.5, 0.6) is 0 Å². The predicted octanol–water partition coefficient (Wildman–Crippen LogP) is 2.30. The Morgan fingerprint density at radius 1 is 1.00 bits per heavy atom. The maximum Gasteiger partial charge on any atom is 0.0246 e. The molecule has 0 aromatic carbocycles. The normalized spacial score (nSPS) is 31.4. The summed E-state index contributed by atoms with van der Waals surface area (Å²) in [6.45, 7) is 1.23. The molecular formula is C13H26N2. The Kier molecular flexibility index (Phi) is 4.45. The third kappa shape index (κ3) is 2.94. The van der Waals surface area contributed by atoms with Crippen molar-refractivity contribution in [1.82, 2.24) is 10.6 Å². The van der Waals surface area contributed by atoms with Crippen LogP contribution in [0.3, 0.4) is 0 Å². The van der Waals surface area contributed by atoms with Crippen LogP contribution in [-0.2, 0) is 0 Å². The highest BCUT2D eigenvalue weighted by atomic mass is 15.0. The molecule has 88 valence electrons. The Balaban J connectivity index is 1.88. The standard InChI is InChI=1S/C13H26N2/c1-14-13(11-7-3-2-4-8-11)12-9-5-6-10-15-12/h11-15H,2-10H2,1H3. The van der Waals surface area contributed by atoms with E-state index < -0.39 is 0 Å². The zero-order chi connectivity index (χ0) is 10.5. The highest BCUT2D eigenvalue weighted by Gasteiger charge is 2.29. The molecule has 2 heteroatoms. The average Bonchev–Trinajstić information content (AvgIpc) is 2.33. The fourth-order valence-electron chi connectivity index (χ4n) is 3.44. The number of rotatable bonds is 3. The number of nitrogens with one attached hydrogen (secondary N) is 2. The number of hydrogen-bond donors (Lipinski definition) is 2. The van der Waals surface area contributed by atoms with E-state index >= 15 is 0 Å². The van der Waals surface area contributed by atoms with E-state index in [-0.39, 0.29) is 0 Å². The average molecular weight is 210 g/mol. The second-order valence-electron chi connectivity index (χ2n) is 5.27. The van der Waals surface area contributed by atoms with Crippen molar-refractivity contribution in [3.63, 3.8) is 0 Å². The predicted molar refractivity (Wildman–Crippen MR) is 65.1 cm³/mol. The van der Waals surface area contributed by atoms with Crippen LogP contribution in [0.1, 0.15) is 51.4 Å². The summed E-state index contributed by atoms with van der Waals surface area (Å²) >= 11 is 0. The van der Waals surface area contributed by atoms with E-state index in [0.717, 1.165) is 18.0 Å². The van der Waals surface area contributed by atoms with Gasteiger partial charge < -0.3 is 10.6 Å². The van der Waals surface area contributed by atoms with Crippen molar-refractivity contribution < 1.29 is 0 Å². The van der Waals surface area contributed by atoms with Gasteiger partial charge in [-0.25, -0.2) is 0 Å². The van der Waals surface area contributed by atoms with Crippen LogP contribution in [0.2, 0.25) is 0 Å². The highest BCUT2D eigenvalue weighted by molar-refractivity contribution is 4.89. The van der Waals surface area contributed by atoms with Crippen LogP contribution in [0.25, 0.3) is 0 Å². The molecule has 2 atom stereocenters.